The van der Waals surface area contributed by atoms with E-state index < -0.39 is 5.41 Å². The molecule has 1 saturated heterocycles. The maximum absolute atomic E-state index is 13.9. The first-order valence-corrected chi connectivity index (χ1v) is 17.0. The van der Waals surface area contributed by atoms with Crippen LogP contribution in [0.1, 0.15) is 52.4 Å². The highest BCUT2D eigenvalue weighted by Crippen LogP contribution is 2.51. The fraction of sp³-hybridized carbons (Fsp3) is 0.350. The molecule has 0 bridgehead atoms. The number of benzene rings is 4. The van der Waals surface area contributed by atoms with Crippen LogP contribution in [-0.2, 0) is 23.2 Å². The lowest BCUT2D eigenvalue weighted by molar-refractivity contribution is -0.125. The number of piperazine rings is 1. The summed E-state index contributed by atoms with van der Waals surface area (Å²) in [4.78, 5) is 34.4. The third-order valence-electron chi connectivity index (χ3n) is 10.3. The highest BCUT2D eigenvalue weighted by molar-refractivity contribution is 6.00. The number of nitrogens with one attached hydrogen (secondary N) is 1. The van der Waals surface area contributed by atoms with Crippen molar-refractivity contribution < 1.29 is 14.3 Å². The second-order valence-electron chi connectivity index (χ2n) is 13.0. The SMILES string of the molecule is CCNC(=O)C1(CCCN2CCN(c3ccc4c(c3)C(=O)N(Cc3cccc(OC)c3)CC4)CC2)c2ccccc2-c2ccccc21. The third-order valence-corrected chi connectivity index (χ3v) is 10.3. The minimum absolute atomic E-state index is 0.102. The standard InChI is InChI=1S/C40H44N4O3/c1-3-41-39(46)40(36-14-6-4-12-33(36)34-13-5-7-15-37(34)40)19-9-20-42-22-24-43(25-23-42)31-17-16-30-18-21-44(38(45)35(30)27-31)28-29-10-8-11-32(26-29)47-2/h4-8,10-17,26-27H,3,9,18-25,28H2,1-2H3,(H,41,46). The van der Waals surface area contributed by atoms with E-state index in [1.165, 1.54) is 11.1 Å². The molecular formula is C40H44N4O3. The van der Waals surface area contributed by atoms with Crippen molar-refractivity contribution in [3.8, 4) is 16.9 Å². The van der Waals surface area contributed by atoms with E-state index in [9.17, 15) is 9.59 Å². The van der Waals surface area contributed by atoms with Gasteiger partial charge in [0.05, 0.1) is 7.11 Å². The molecule has 1 N–H and O–H groups in total. The van der Waals surface area contributed by atoms with Crippen molar-refractivity contribution in [1.82, 2.24) is 15.1 Å². The van der Waals surface area contributed by atoms with Crippen molar-refractivity contribution in [2.75, 3.05) is 57.8 Å². The van der Waals surface area contributed by atoms with Crippen LogP contribution in [0, 0.1) is 0 Å². The molecule has 3 aliphatic rings. The molecule has 0 radical (unpaired) electrons. The molecule has 242 valence electrons. The summed E-state index contributed by atoms with van der Waals surface area (Å²) >= 11 is 0. The average molecular weight is 629 g/mol. The van der Waals surface area contributed by atoms with Gasteiger partial charge in [0, 0.05) is 57.1 Å². The van der Waals surface area contributed by atoms with E-state index in [4.69, 9.17) is 4.74 Å². The lowest BCUT2D eigenvalue weighted by Crippen LogP contribution is -2.48. The van der Waals surface area contributed by atoms with E-state index in [1.54, 1.807) is 7.11 Å². The molecule has 1 fully saturated rings. The fourth-order valence-electron chi connectivity index (χ4n) is 7.91. The van der Waals surface area contributed by atoms with Gasteiger partial charge in [-0.1, -0.05) is 66.7 Å². The van der Waals surface area contributed by atoms with Gasteiger partial charge in [-0.3, -0.25) is 14.5 Å². The number of carbonyl (C=O) groups excluding carboxylic acids is 2. The smallest absolute Gasteiger partial charge is 0.254 e. The zero-order chi connectivity index (χ0) is 32.4. The van der Waals surface area contributed by atoms with E-state index in [0.29, 0.717) is 13.1 Å². The van der Waals surface area contributed by atoms with Crippen LogP contribution >= 0.6 is 0 Å². The Morgan fingerprint density at radius 3 is 2.26 bits per heavy atom. The maximum Gasteiger partial charge on any atom is 0.254 e. The van der Waals surface area contributed by atoms with Crippen molar-refractivity contribution >= 4 is 17.5 Å². The number of ether oxygens (including phenoxy) is 1. The first-order chi connectivity index (χ1) is 23.0. The van der Waals surface area contributed by atoms with Gasteiger partial charge in [0.15, 0.2) is 0 Å². The summed E-state index contributed by atoms with van der Waals surface area (Å²) in [6, 6.07) is 31.3. The van der Waals surface area contributed by atoms with E-state index in [0.717, 1.165) is 97.8 Å². The molecule has 2 aliphatic heterocycles. The van der Waals surface area contributed by atoms with Crippen LogP contribution in [0.5, 0.6) is 5.75 Å². The van der Waals surface area contributed by atoms with Gasteiger partial charge in [0.2, 0.25) is 5.91 Å². The first-order valence-electron chi connectivity index (χ1n) is 17.0. The third kappa shape index (κ3) is 5.78. The number of methoxy groups -OCH3 is 1. The Morgan fingerprint density at radius 2 is 1.55 bits per heavy atom. The van der Waals surface area contributed by atoms with Gasteiger partial charge in [-0.2, -0.15) is 0 Å². The molecule has 1 aliphatic carbocycles. The minimum atomic E-state index is -0.666. The zero-order valence-corrected chi connectivity index (χ0v) is 27.5. The van der Waals surface area contributed by atoms with E-state index in [-0.39, 0.29) is 11.8 Å². The van der Waals surface area contributed by atoms with Crippen LogP contribution in [0.2, 0.25) is 0 Å². The topological polar surface area (TPSA) is 65.1 Å². The molecular weight excluding hydrogens is 584 g/mol. The van der Waals surface area contributed by atoms with Gasteiger partial charge < -0.3 is 19.9 Å². The first kappa shape index (κ1) is 31.0. The van der Waals surface area contributed by atoms with Crippen molar-refractivity contribution in [1.29, 1.82) is 0 Å². The Labute approximate surface area is 278 Å². The highest BCUT2D eigenvalue weighted by atomic mass is 16.5. The molecule has 0 saturated carbocycles. The molecule has 0 spiro atoms. The number of nitrogens with zero attached hydrogens (tertiary/aromatic N) is 3. The number of hydrogen-bond acceptors (Lipinski definition) is 5. The Kier molecular flexibility index (Phi) is 8.74. The molecule has 4 aromatic rings. The summed E-state index contributed by atoms with van der Waals surface area (Å²) in [6.07, 6.45) is 2.56. The summed E-state index contributed by atoms with van der Waals surface area (Å²) in [7, 11) is 1.67. The molecule has 0 atom stereocenters. The summed E-state index contributed by atoms with van der Waals surface area (Å²) < 4.78 is 5.38. The highest BCUT2D eigenvalue weighted by Gasteiger charge is 2.48. The fourth-order valence-corrected chi connectivity index (χ4v) is 7.91. The molecule has 0 aromatic heterocycles. The number of carbonyl (C=O) groups is 2. The Balaban J connectivity index is 0.995. The number of rotatable bonds is 10. The van der Waals surface area contributed by atoms with Crippen LogP contribution in [0.3, 0.4) is 0 Å². The van der Waals surface area contributed by atoms with Gasteiger partial charge in [0.1, 0.15) is 11.2 Å². The molecule has 47 heavy (non-hydrogen) atoms. The monoisotopic (exact) mass is 628 g/mol. The van der Waals surface area contributed by atoms with Gasteiger partial charge in [-0.25, -0.2) is 0 Å². The summed E-state index contributed by atoms with van der Waals surface area (Å²) in [5.41, 5.74) is 8.09. The van der Waals surface area contributed by atoms with Gasteiger partial charge in [-0.15, -0.1) is 0 Å². The molecule has 7 rings (SSSR count). The van der Waals surface area contributed by atoms with Crippen molar-refractivity contribution in [3.63, 3.8) is 0 Å². The molecule has 2 amide bonds. The molecule has 7 heteroatoms. The van der Waals surface area contributed by atoms with E-state index in [1.807, 2.05) is 36.1 Å². The maximum atomic E-state index is 13.9. The van der Waals surface area contributed by atoms with E-state index >= 15 is 0 Å². The normalized spacial score (nSPS) is 16.8. The molecule has 2 heterocycles. The average Bonchev–Trinajstić information content (AvgIpc) is 3.40. The van der Waals surface area contributed by atoms with Crippen molar-refractivity contribution in [2.45, 2.75) is 38.1 Å². The van der Waals surface area contributed by atoms with Crippen LogP contribution in [-0.4, -0.2) is 74.5 Å². The number of anilines is 1. The molecule has 7 nitrogen and oxygen atoms in total. The molecule has 0 unspecified atom stereocenters. The van der Waals surface area contributed by atoms with Crippen LogP contribution in [0.15, 0.2) is 91.0 Å². The predicted octanol–water partition coefficient (Wildman–Crippen LogP) is 5.90. The van der Waals surface area contributed by atoms with Gasteiger partial charge in [0.25, 0.3) is 5.91 Å². The number of fused-ring (bicyclic) bond motifs is 4. The minimum Gasteiger partial charge on any atom is -0.497 e. The van der Waals surface area contributed by atoms with Crippen LogP contribution < -0.4 is 15.0 Å². The van der Waals surface area contributed by atoms with Crippen molar-refractivity contribution in [2.24, 2.45) is 0 Å². The summed E-state index contributed by atoms with van der Waals surface area (Å²) in [6.45, 7) is 8.58. The number of hydrogen-bond donors (Lipinski definition) is 1. The Morgan fingerprint density at radius 1 is 0.830 bits per heavy atom. The van der Waals surface area contributed by atoms with Gasteiger partial charge in [-0.05, 0) is 90.4 Å². The summed E-state index contributed by atoms with van der Waals surface area (Å²) in [5, 5.41) is 3.18. The quantitative estimate of drug-likeness (QED) is 0.237. The predicted molar refractivity (Wildman–Crippen MR) is 187 cm³/mol. The van der Waals surface area contributed by atoms with Crippen LogP contribution in [0.4, 0.5) is 5.69 Å². The largest absolute Gasteiger partial charge is 0.497 e. The Bertz CT molecular complexity index is 1730. The van der Waals surface area contributed by atoms with Crippen molar-refractivity contribution in [3.05, 3.63) is 119 Å². The van der Waals surface area contributed by atoms with Crippen LogP contribution in [0.25, 0.3) is 11.1 Å². The van der Waals surface area contributed by atoms with Gasteiger partial charge >= 0.3 is 0 Å². The molecule has 4 aromatic carbocycles. The second kappa shape index (κ2) is 13.2. The number of amides is 2. The number of likely N-dealkylation sites (N-methyl/N-ethyl adjacent to an activating group) is 1. The lowest BCUT2D eigenvalue weighted by Gasteiger charge is -2.37. The lowest BCUT2D eigenvalue weighted by atomic mass is 9.73. The summed E-state index contributed by atoms with van der Waals surface area (Å²) in [5.74, 6) is 1.02. The second-order valence-corrected chi connectivity index (χ2v) is 13.0. The Hall–Kier alpha value is -4.62. The zero-order valence-electron chi connectivity index (χ0n) is 27.5. The van der Waals surface area contributed by atoms with E-state index in [2.05, 4.69) is 81.8 Å².